The zero-order valence-electron chi connectivity index (χ0n) is 19.2. The van der Waals surface area contributed by atoms with Crippen LogP contribution < -0.4 is 10.0 Å². The van der Waals surface area contributed by atoms with Gasteiger partial charge in [-0.25, -0.2) is 8.42 Å². The molecule has 1 amide bonds. The molecule has 5 nitrogen and oxygen atoms in total. The maximum absolute atomic E-state index is 13.4. The van der Waals surface area contributed by atoms with Gasteiger partial charge in [-0.05, 0) is 74.9 Å². The molecule has 0 aromatic heterocycles. The third-order valence-electron chi connectivity index (χ3n) is 5.63. The van der Waals surface area contributed by atoms with Crippen LogP contribution in [0.5, 0.6) is 0 Å². The Morgan fingerprint density at radius 1 is 0.844 bits per heavy atom. The normalized spacial score (nSPS) is 12.4. The maximum Gasteiger partial charge on any atom is 0.242 e. The van der Waals surface area contributed by atoms with Gasteiger partial charge in [0.25, 0.3) is 0 Å². The zero-order valence-corrected chi connectivity index (χ0v) is 20.0. The highest BCUT2D eigenvalue weighted by Gasteiger charge is 2.28. The van der Waals surface area contributed by atoms with Crippen molar-refractivity contribution in [1.82, 2.24) is 4.72 Å². The van der Waals surface area contributed by atoms with Gasteiger partial charge in [-0.1, -0.05) is 60.2 Å². The topological polar surface area (TPSA) is 75.3 Å². The standard InChI is InChI=1S/C26H30N2O3S/c1-17-14-19(3)25(20(4)15-17)32(30,31)28-24(16-22-11-7-6-8-12-22)26(29)27-23-13-9-10-18(2)21(23)5/h6-15,24,28H,16H2,1-5H3,(H,27,29)/t24-/m1/s1. The van der Waals surface area contributed by atoms with Crippen molar-refractivity contribution in [2.45, 2.75) is 52.0 Å². The van der Waals surface area contributed by atoms with Gasteiger partial charge >= 0.3 is 0 Å². The van der Waals surface area contributed by atoms with Crippen LogP contribution in [0.15, 0.2) is 65.6 Å². The van der Waals surface area contributed by atoms with Crippen LogP contribution >= 0.6 is 0 Å². The number of nitrogens with one attached hydrogen (secondary N) is 2. The third kappa shape index (κ3) is 5.44. The lowest BCUT2D eigenvalue weighted by molar-refractivity contribution is -0.117. The van der Waals surface area contributed by atoms with Crippen LogP contribution in [0.25, 0.3) is 0 Å². The first kappa shape index (κ1) is 23.7. The number of rotatable bonds is 7. The van der Waals surface area contributed by atoms with Crippen molar-refractivity contribution >= 4 is 21.6 Å². The molecular formula is C26H30N2O3S. The van der Waals surface area contributed by atoms with Crippen molar-refractivity contribution in [3.8, 4) is 0 Å². The van der Waals surface area contributed by atoms with E-state index in [4.69, 9.17) is 0 Å². The highest BCUT2D eigenvalue weighted by Crippen LogP contribution is 2.23. The molecule has 0 aliphatic heterocycles. The summed E-state index contributed by atoms with van der Waals surface area (Å²) >= 11 is 0. The van der Waals surface area contributed by atoms with Crippen LogP contribution in [0.2, 0.25) is 0 Å². The second-order valence-corrected chi connectivity index (χ2v) is 9.98. The van der Waals surface area contributed by atoms with Gasteiger partial charge in [-0.2, -0.15) is 4.72 Å². The molecule has 32 heavy (non-hydrogen) atoms. The molecule has 0 fully saturated rings. The van der Waals surface area contributed by atoms with E-state index in [1.54, 1.807) is 13.8 Å². The van der Waals surface area contributed by atoms with Crippen molar-refractivity contribution in [3.63, 3.8) is 0 Å². The van der Waals surface area contributed by atoms with Gasteiger partial charge in [0.15, 0.2) is 0 Å². The number of hydrogen-bond acceptors (Lipinski definition) is 3. The van der Waals surface area contributed by atoms with Crippen molar-refractivity contribution in [2.75, 3.05) is 5.32 Å². The van der Waals surface area contributed by atoms with E-state index in [1.807, 2.05) is 81.4 Å². The molecule has 6 heteroatoms. The molecule has 0 heterocycles. The summed E-state index contributed by atoms with van der Waals surface area (Å²) in [5, 5.41) is 2.92. The fourth-order valence-corrected chi connectivity index (χ4v) is 5.63. The Hall–Kier alpha value is -2.96. The Morgan fingerprint density at radius 2 is 1.47 bits per heavy atom. The van der Waals surface area contributed by atoms with Gasteiger partial charge in [-0.15, -0.1) is 0 Å². The molecule has 0 unspecified atom stereocenters. The first-order valence-electron chi connectivity index (χ1n) is 10.6. The van der Waals surface area contributed by atoms with E-state index < -0.39 is 22.0 Å². The van der Waals surface area contributed by atoms with Gasteiger partial charge in [0.2, 0.25) is 15.9 Å². The molecule has 0 bridgehead atoms. The highest BCUT2D eigenvalue weighted by atomic mass is 32.2. The van der Waals surface area contributed by atoms with E-state index in [-0.39, 0.29) is 11.3 Å². The van der Waals surface area contributed by atoms with E-state index >= 15 is 0 Å². The first-order chi connectivity index (χ1) is 15.1. The zero-order chi connectivity index (χ0) is 23.5. The molecule has 3 aromatic carbocycles. The summed E-state index contributed by atoms with van der Waals surface area (Å²) < 4.78 is 29.4. The van der Waals surface area contributed by atoms with Gasteiger partial charge in [0.1, 0.15) is 6.04 Å². The van der Waals surface area contributed by atoms with E-state index in [0.29, 0.717) is 16.8 Å². The van der Waals surface area contributed by atoms with Crippen LogP contribution in [-0.2, 0) is 21.2 Å². The minimum atomic E-state index is -3.92. The molecule has 3 rings (SSSR count). The Bertz CT molecular complexity index is 1210. The minimum Gasteiger partial charge on any atom is -0.324 e. The molecule has 0 spiro atoms. The average Bonchev–Trinajstić information content (AvgIpc) is 2.70. The average molecular weight is 451 g/mol. The van der Waals surface area contributed by atoms with Crippen LogP contribution in [0.4, 0.5) is 5.69 Å². The lowest BCUT2D eigenvalue weighted by atomic mass is 10.0. The largest absolute Gasteiger partial charge is 0.324 e. The number of benzene rings is 3. The number of carbonyl (C=O) groups excluding carboxylic acids is 1. The molecule has 0 aliphatic carbocycles. The molecule has 0 saturated heterocycles. The van der Waals surface area contributed by atoms with Crippen molar-refractivity contribution in [3.05, 3.63) is 94.0 Å². The third-order valence-corrected chi connectivity index (χ3v) is 7.41. The Kier molecular flexibility index (Phi) is 7.16. The summed E-state index contributed by atoms with van der Waals surface area (Å²) in [4.78, 5) is 13.5. The van der Waals surface area contributed by atoms with Crippen LogP contribution in [-0.4, -0.2) is 20.4 Å². The second kappa shape index (κ2) is 9.67. The Labute approximate surface area is 190 Å². The smallest absolute Gasteiger partial charge is 0.242 e. The van der Waals surface area contributed by atoms with Crippen LogP contribution in [0.1, 0.15) is 33.4 Å². The molecule has 2 N–H and O–H groups in total. The van der Waals surface area contributed by atoms with Gasteiger partial charge < -0.3 is 5.32 Å². The number of anilines is 1. The molecule has 168 valence electrons. The second-order valence-electron chi connectivity index (χ2n) is 8.33. The van der Waals surface area contributed by atoms with Gasteiger partial charge in [0.05, 0.1) is 4.90 Å². The van der Waals surface area contributed by atoms with Crippen molar-refractivity contribution in [1.29, 1.82) is 0 Å². The van der Waals surface area contributed by atoms with E-state index in [0.717, 1.165) is 22.3 Å². The molecular weight excluding hydrogens is 420 g/mol. The van der Waals surface area contributed by atoms with E-state index in [9.17, 15) is 13.2 Å². The minimum absolute atomic E-state index is 0.223. The first-order valence-corrected chi connectivity index (χ1v) is 12.1. The summed E-state index contributed by atoms with van der Waals surface area (Å²) in [5.74, 6) is -0.395. The predicted molar refractivity (Wildman–Crippen MR) is 129 cm³/mol. The lowest BCUT2D eigenvalue weighted by Crippen LogP contribution is -2.45. The van der Waals surface area contributed by atoms with Gasteiger partial charge in [-0.3, -0.25) is 4.79 Å². The summed E-state index contributed by atoms with van der Waals surface area (Å²) in [6.07, 6.45) is 0.237. The number of hydrogen-bond donors (Lipinski definition) is 2. The molecule has 0 radical (unpaired) electrons. The van der Waals surface area contributed by atoms with Gasteiger partial charge in [0, 0.05) is 5.69 Å². The summed E-state index contributed by atoms with van der Waals surface area (Å²) in [5.41, 5.74) is 5.85. The predicted octanol–water partition coefficient (Wildman–Crippen LogP) is 4.76. The van der Waals surface area contributed by atoms with Crippen molar-refractivity contribution in [2.24, 2.45) is 0 Å². The molecule has 0 saturated carbocycles. The van der Waals surface area contributed by atoms with Crippen LogP contribution in [0, 0.1) is 34.6 Å². The quantitative estimate of drug-likeness (QED) is 0.545. The van der Waals surface area contributed by atoms with Crippen LogP contribution in [0.3, 0.4) is 0 Å². The Balaban J connectivity index is 1.96. The monoisotopic (exact) mass is 450 g/mol. The lowest BCUT2D eigenvalue weighted by Gasteiger charge is -2.21. The number of amides is 1. The van der Waals surface area contributed by atoms with E-state index in [2.05, 4.69) is 10.0 Å². The SMILES string of the molecule is Cc1cc(C)c(S(=O)(=O)N[C@H](Cc2ccccc2)C(=O)Nc2cccc(C)c2C)c(C)c1. The molecule has 0 aliphatic rings. The fourth-order valence-electron chi connectivity index (χ4n) is 3.98. The number of aryl methyl sites for hydroxylation is 4. The summed E-state index contributed by atoms with van der Waals surface area (Å²) in [6.45, 7) is 9.38. The summed E-state index contributed by atoms with van der Waals surface area (Å²) in [7, 11) is -3.92. The Morgan fingerprint density at radius 3 is 2.09 bits per heavy atom. The molecule has 1 atom stereocenters. The number of sulfonamides is 1. The number of carbonyl (C=O) groups is 1. The maximum atomic E-state index is 13.4. The van der Waals surface area contributed by atoms with Crippen molar-refractivity contribution < 1.29 is 13.2 Å². The highest BCUT2D eigenvalue weighted by molar-refractivity contribution is 7.89. The fraction of sp³-hybridized carbons (Fsp3) is 0.269. The van der Waals surface area contributed by atoms with E-state index in [1.165, 1.54) is 0 Å². The summed E-state index contributed by atoms with van der Waals surface area (Å²) in [6, 6.07) is 17.8. The molecule has 3 aromatic rings.